The summed E-state index contributed by atoms with van der Waals surface area (Å²) in [6, 6.07) is 9.61. The zero-order valence-electron chi connectivity index (χ0n) is 16.4. The fraction of sp³-hybridized carbons (Fsp3) is 0.350. The molecule has 8 nitrogen and oxygen atoms in total. The van der Waals surface area contributed by atoms with Crippen LogP contribution in [0, 0.1) is 4.84 Å². The second kappa shape index (κ2) is 8.62. The Morgan fingerprint density at radius 1 is 1.00 bits per heavy atom. The topological polar surface area (TPSA) is 68.8 Å². The molecule has 3 aromatic rings. The van der Waals surface area contributed by atoms with E-state index < -0.39 is 0 Å². The molecule has 0 unspecified atom stereocenters. The average molecular weight is 414 g/mol. The van der Waals surface area contributed by atoms with Gasteiger partial charge in [-0.2, -0.15) is 0 Å². The van der Waals surface area contributed by atoms with E-state index in [0.29, 0.717) is 28.9 Å². The molecule has 152 valence electrons. The Morgan fingerprint density at radius 2 is 1.72 bits per heavy atom. The van der Waals surface area contributed by atoms with Gasteiger partial charge in [0.25, 0.3) is 4.84 Å². The molecule has 1 aliphatic heterocycles. The number of anilines is 1. The first-order chi connectivity index (χ1) is 14.2. The first-order valence-corrected chi connectivity index (χ1v) is 9.76. The van der Waals surface area contributed by atoms with Gasteiger partial charge in [-0.25, -0.2) is 4.68 Å². The van der Waals surface area contributed by atoms with Gasteiger partial charge in [0.2, 0.25) is 5.89 Å². The van der Waals surface area contributed by atoms with Crippen LogP contribution < -0.4 is 14.4 Å². The van der Waals surface area contributed by atoms with Gasteiger partial charge in [-0.05, 0) is 42.5 Å². The number of hydrogen-bond acceptors (Lipinski definition) is 8. The molecular formula is C20H23N5O3S. The molecule has 29 heavy (non-hydrogen) atoms. The van der Waals surface area contributed by atoms with E-state index in [4.69, 9.17) is 26.1 Å². The summed E-state index contributed by atoms with van der Waals surface area (Å²) in [6.45, 7) is 4.32. The fourth-order valence-electron chi connectivity index (χ4n) is 3.37. The molecular weight excluding hydrogens is 390 g/mol. The lowest BCUT2D eigenvalue weighted by Crippen LogP contribution is -2.46. The number of benzene rings is 1. The van der Waals surface area contributed by atoms with Crippen LogP contribution in [0.15, 0.2) is 47.1 Å². The summed E-state index contributed by atoms with van der Waals surface area (Å²) in [5.41, 5.74) is 1.99. The number of rotatable bonds is 6. The van der Waals surface area contributed by atoms with Gasteiger partial charge in [0.05, 0.1) is 20.9 Å². The molecule has 1 fully saturated rings. The molecule has 3 heterocycles. The maximum atomic E-state index is 5.73. The number of piperazine rings is 1. The molecule has 4 rings (SSSR count). The van der Waals surface area contributed by atoms with E-state index in [1.807, 2.05) is 42.7 Å². The number of methoxy groups -OCH3 is 2. The Kier molecular flexibility index (Phi) is 5.77. The minimum absolute atomic E-state index is 0.353. The van der Waals surface area contributed by atoms with Crippen LogP contribution in [0.1, 0.15) is 0 Å². The molecule has 0 saturated carbocycles. The van der Waals surface area contributed by atoms with Crippen molar-refractivity contribution in [3.05, 3.63) is 47.6 Å². The second-order valence-electron chi connectivity index (χ2n) is 6.69. The summed E-state index contributed by atoms with van der Waals surface area (Å²) >= 11 is 5.38. The van der Waals surface area contributed by atoms with E-state index in [9.17, 15) is 0 Å². The zero-order chi connectivity index (χ0) is 20.2. The normalized spacial score (nSPS) is 14.8. The monoisotopic (exact) mass is 413 g/mol. The number of nitrogens with zero attached hydrogens (tertiary/aromatic N) is 5. The van der Waals surface area contributed by atoms with Crippen molar-refractivity contribution in [1.82, 2.24) is 19.7 Å². The van der Waals surface area contributed by atoms with Gasteiger partial charge in [-0.1, -0.05) is 0 Å². The smallest absolute Gasteiger partial charge is 0.288 e. The van der Waals surface area contributed by atoms with Crippen molar-refractivity contribution in [1.29, 1.82) is 0 Å². The van der Waals surface area contributed by atoms with Crippen LogP contribution in [0.3, 0.4) is 0 Å². The Bertz CT molecular complexity index is 1010. The van der Waals surface area contributed by atoms with Crippen LogP contribution >= 0.6 is 12.2 Å². The molecule has 0 aliphatic carbocycles. The predicted molar refractivity (Wildman–Crippen MR) is 112 cm³/mol. The summed E-state index contributed by atoms with van der Waals surface area (Å²) in [5, 5.41) is 4.57. The van der Waals surface area contributed by atoms with Crippen molar-refractivity contribution < 1.29 is 13.9 Å². The summed E-state index contributed by atoms with van der Waals surface area (Å²) < 4.78 is 18.1. The van der Waals surface area contributed by atoms with E-state index in [1.54, 1.807) is 18.9 Å². The molecule has 0 atom stereocenters. The van der Waals surface area contributed by atoms with Crippen molar-refractivity contribution in [2.45, 2.75) is 6.67 Å². The lowest BCUT2D eigenvalue weighted by atomic mass is 10.2. The number of hydrogen-bond donors (Lipinski definition) is 0. The van der Waals surface area contributed by atoms with Gasteiger partial charge in [0.15, 0.2) is 11.5 Å². The summed E-state index contributed by atoms with van der Waals surface area (Å²) in [7, 11) is 3.20. The van der Waals surface area contributed by atoms with Crippen LogP contribution in [-0.2, 0) is 6.67 Å². The number of aromatic nitrogens is 3. The number of pyridine rings is 1. The highest BCUT2D eigenvalue weighted by Gasteiger charge is 2.19. The molecule has 0 N–H and O–H groups in total. The van der Waals surface area contributed by atoms with Gasteiger partial charge >= 0.3 is 0 Å². The number of ether oxygens (including phenoxy) is 2. The van der Waals surface area contributed by atoms with Gasteiger partial charge in [-0.3, -0.25) is 9.88 Å². The molecule has 1 saturated heterocycles. The quantitative estimate of drug-likeness (QED) is 0.571. The standard InChI is InChI=1S/C20H23N5O3S/c1-26-17-4-3-15(13-18(17)27-2)19-22-25(20(29)28-19)14-23-9-11-24(12-10-23)16-5-7-21-8-6-16/h3-8,13H,9-12,14H2,1-2H3. The molecule has 1 aliphatic rings. The fourth-order valence-corrected chi connectivity index (χ4v) is 3.55. The molecule has 0 spiro atoms. The third kappa shape index (κ3) is 4.25. The Labute approximate surface area is 174 Å². The van der Waals surface area contributed by atoms with Gasteiger partial charge in [0, 0.05) is 49.8 Å². The summed E-state index contributed by atoms with van der Waals surface area (Å²) in [6.07, 6.45) is 3.65. The van der Waals surface area contributed by atoms with Crippen molar-refractivity contribution in [2.24, 2.45) is 0 Å². The predicted octanol–water partition coefficient (Wildman–Crippen LogP) is 3.06. The van der Waals surface area contributed by atoms with Gasteiger partial charge in [-0.15, -0.1) is 5.10 Å². The van der Waals surface area contributed by atoms with Crippen LogP contribution in [0.25, 0.3) is 11.5 Å². The maximum Gasteiger partial charge on any atom is 0.288 e. The highest BCUT2D eigenvalue weighted by Crippen LogP contribution is 2.31. The van der Waals surface area contributed by atoms with Crippen molar-refractivity contribution in [3.8, 4) is 23.0 Å². The SMILES string of the molecule is COc1ccc(-c2nn(CN3CCN(c4ccncc4)CC3)c(=S)o2)cc1OC. The van der Waals surface area contributed by atoms with E-state index in [1.165, 1.54) is 5.69 Å². The van der Waals surface area contributed by atoms with Crippen LogP contribution in [0.2, 0.25) is 0 Å². The lowest BCUT2D eigenvalue weighted by Gasteiger charge is -2.35. The highest BCUT2D eigenvalue weighted by atomic mass is 32.1. The Balaban J connectivity index is 1.44. The van der Waals surface area contributed by atoms with Crippen LogP contribution in [-0.4, -0.2) is 60.1 Å². The third-order valence-corrected chi connectivity index (χ3v) is 5.26. The molecule has 2 aromatic heterocycles. The van der Waals surface area contributed by atoms with E-state index >= 15 is 0 Å². The average Bonchev–Trinajstić information content (AvgIpc) is 3.14. The first-order valence-electron chi connectivity index (χ1n) is 9.35. The van der Waals surface area contributed by atoms with Crippen LogP contribution in [0.4, 0.5) is 5.69 Å². The van der Waals surface area contributed by atoms with Gasteiger partial charge < -0.3 is 18.8 Å². The summed E-state index contributed by atoms with van der Waals surface area (Å²) in [5.74, 6) is 1.74. The molecule has 1 aromatic carbocycles. The largest absolute Gasteiger partial charge is 0.493 e. The van der Waals surface area contributed by atoms with Crippen molar-refractivity contribution in [3.63, 3.8) is 0 Å². The van der Waals surface area contributed by atoms with E-state index in [-0.39, 0.29) is 0 Å². The van der Waals surface area contributed by atoms with Crippen molar-refractivity contribution in [2.75, 3.05) is 45.3 Å². The minimum Gasteiger partial charge on any atom is -0.493 e. The van der Waals surface area contributed by atoms with Gasteiger partial charge in [0.1, 0.15) is 0 Å². The third-order valence-electron chi connectivity index (χ3n) is 4.97. The lowest BCUT2D eigenvalue weighted by molar-refractivity contribution is 0.192. The zero-order valence-corrected chi connectivity index (χ0v) is 17.3. The Hall–Kier alpha value is -2.91. The molecule has 9 heteroatoms. The van der Waals surface area contributed by atoms with Crippen molar-refractivity contribution >= 4 is 17.9 Å². The molecule has 0 radical (unpaired) electrons. The van der Waals surface area contributed by atoms with E-state index in [0.717, 1.165) is 31.7 Å². The maximum absolute atomic E-state index is 5.73. The minimum atomic E-state index is 0.353. The van der Waals surface area contributed by atoms with E-state index in [2.05, 4.69) is 19.9 Å². The summed E-state index contributed by atoms with van der Waals surface area (Å²) in [4.78, 5) is 9.11. The van der Waals surface area contributed by atoms with Crippen LogP contribution in [0.5, 0.6) is 11.5 Å². The molecule has 0 bridgehead atoms. The highest BCUT2D eigenvalue weighted by molar-refractivity contribution is 7.71. The molecule has 0 amide bonds. The Morgan fingerprint density at radius 3 is 2.41 bits per heavy atom. The second-order valence-corrected chi connectivity index (χ2v) is 7.04. The first kappa shape index (κ1) is 19.4.